The van der Waals surface area contributed by atoms with Gasteiger partial charge in [0.1, 0.15) is 11.5 Å². The summed E-state index contributed by atoms with van der Waals surface area (Å²) in [5, 5.41) is 2.30. The third-order valence-electron chi connectivity index (χ3n) is 7.72. The van der Waals surface area contributed by atoms with Gasteiger partial charge in [-0.15, -0.1) is 0 Å². The second-order valence-corrected chi connectivity index (χ2v) is 12.9. The summed E-state index contributed by atoms with van der Waals surface area (Å²) in [7, 11) is -3.10. The zero-order valence-electron chi connectivity index (χ0n) is 20.8. The summed E-state index contributed by atoms with van der Waals surface area (Å²) in [5.74, 6) is 1.29. The van der Waals surface area contributed by atoms with Crippen molar-refractivity contribution in [2.75, 3.05) is 4.90 Å². The molecule has 0 saturated carbocycles. The number of para-hydroxylation sites is 3. The Labute approximate surface area is 217 Å². The lowest BCUT2D eigenvalue weighted by atomic mass is 9.73. The fourth-order valence-corrected chi connectivity index (χ4v) is 8.74. The first-order chi connectivity index (χ1) is 18.0. The quantitative estimate of drug-likeness (QED) is 0.231. The highest BCUT2D eigenvalue weighted by Crippen LogP contribution is 2.55. The van der Waals surface area contributed by atoms with Crippen LogP contribution in [0.25, 0.3) is 0 Å². The van der Waals surface area contributed by atoms with E-state index in [1.165, 1.54) is 11.1 Å². The van der Waals surface area contributed by atoms with Crippen molar-refractivity contribution in [2.45, 2.75) is 19.3 Å². The zero-order valence-corrected chi connectivity index (χ0v) is 21.7. The van der Waals surface area contributed by atoms with Gasteiger partial charge in [-0.3, -0.25) is 0 Å². The Balaban J connectivity index is 1.46. The van der Waals surface area contributed by atoms with Crippen molar-refractivity contribution in [1.29, 1.82) is 0 Å². The molecule has 0 bridgehead atoms. The molecule has 0 saturated heterocycles. The van der Waals surface area contributed by atoms with Crippen molar-refractivity contribution in [3.63, 3.8) is 0 Å². The smallest absolute Gasteiger partial charge is 0.178 e. The van der Waals surface area contributed by atoms with Gasteiger partial charge in [-0.05, 0) is 47.5 Å². The van der Waals surface area contributed by atoms with E-state index < -0.39 is 7.14 Å². The number of hydrogen-bond donors (Lipinski definition) is 0. The van der Waals surface area contributed by atoms with Crippen LogP contribution in [0.5, 0.6) is 11.5 Å². The highest BCUT2D eigenvalue weighted by molar-refractivity contribution is 7.85. The maximum absolute atomic E-state index is 15.0. The topological polar surface area (TPSA) is 29.5 Å². The molecule has 4 heteroatoms. The number of nitrogens with zero attached hydrogens (tertiary/aromatic N) is 1. The highest BCUT2D eigenvalue weighted by Gasteiger charge is 2.40. The van der Waals surface area contributed by atoms with Crippen LogP contribution in [0.3, 0.4) is 0 Å². The van der Waals surface area contributed by atoms with Crippen molar-refractivity contribution in [2.24, 2.45) is 0 Å². The number of anilines is 3. The van der Waals surface area contributed by atoms with Gasteiger partial charge in [0.15, 0.2) is 7.14 Å². The van der Waals surface area contributed by atoms with Gasteiger partial charge in [0.05, 0.1) is 22.0 Å². The van der Waals surface area contributed by atoms with Crippen LogP contribution in [0.1, 0.15) is 25.0 Å². The molecule has 180 valence electrons. The predicted molar refractivity (Wildman–Crippen MR) is 153 cm³/mol. The Morgan fingerprint density at radius 2 is 1.19 bits per heavy atom. The molecule has 5 aromatic rings. The van der Waals surface area contributed by atoms with Crippen molar-refractivity contribution in [1.82, 2.24) is 0 Å². The van der Waals surface area contributed by atoms with E-state index in [1.54, 1.807) is 0 Å². The van der Waals surface area contributed by atoms with Gasteiger partial charge in [-0.2, -0.15) is 0 Å². The molecule has 0 aliphatic carbocycles. The Hall–Kier alpha value is -4.07. The van der Waals surface area contributed by atoms with Gasteiger partial charge in [-0.1, -0.05) is 92.7 Å². The number of fused-ring (bicyclic) bond motifs is 4. The molecule has 0 aromatic heterocycles. The monoisotopic (exact) mass is 499 g/mol. The molecule has 1 unspecified atom stereocenters. The number of rotatable bonds is 2. The number of hydrogen-bond acceptors (Lipinski definition) is 3. The van der Waals surface area contributed by atoms with Crippen molar-refractivity contribution < 1.29 is 9.30 Å². The van der Waals surface area contributed by atoms with E-state index in [4.69, 9.17) is 4.74 Å². The Morgan fingerprint density at radius 3 is 1.89 bits per heavy atom. The molecule has 2 heterocycles. The molecule has 2 aliphatic rings. The second kappa shape index (κ2) is 7.96. The van der Waals surface area contributed by atoms with Gasteiger partial charge in [-0.25, -0.2) is 0 Å². The molecule has 7 rings (SSSR count). The summed E-state index contributed by atoms with van der Waals surface area (Å²) in [4.78, 5) is 2.30. The van der Waals surface area contributed by atoms with Gasteiger partial charge in [0, 0.05) is 22.5 Å². The third-order valence-corrected chi connectivity index (χ3v) is 10.8. The third kappa shape index (κ3) is 3.11. The molecule has 0 amide bonds. The van der Waals surface area contributed by atoms with Crippen molar-refractivity contribution >= 4 is 40.1 Å². The highest BCUT2D eigenvalue weighted by atomic mass is 31.2. The van der Waals surface area contributed by atoms with Crippen LogP contribution < -0.4 is 25.6 Å². The Kier molecular flexibility index (Phi) is 4.77. The number of benzene rings is 5. The molecule has 37 heavy (non-hydrogen) atoms. The standard InChI is InChI=1S/C33H26NO2P/c1-33(2)25-14-6-8-16-27(25)34(28-17-9-7-15-26(28)33)23-20-21-32-30(22-23)36-29-18-10-11-19-31(29)37(32,35)24-12-4-3-5-13-24/h3-22H,1-2H3. The second-order valence-electron chi connectivity index (χ2n) is 10.2. The van der Waals surface area contributed by atoms with Crippen LogP contribution in [0.4, 0.5) is 17.1 Å². The van der Waals surface area contributed by atoms with Crippen molar-refractivity contribution in [3.05, 3.63) is 132 Å². The average molecular weight is 500 g/mol. The molecule has 1 atom stereocenters. The van der Waals surface area contributed by atoms with Crippen LogP contribution in [-0.4, -0.2) is 0 Å². The average Bonchev–Trinajstić information content (AvgIpc) is 2.94. The molecule has 3 nitrogen and oxygen atoms in total. The van der Waals surface area contributed by atoms with Gasteiger partial charge in [0.25, 0.3) is 0 Å². The molecule has 2 aliphatic heterocycles. The molecule has 0 radical (unpaired) electrons. The molecule has 0 spiro atoms. The first kappa shape index (κ1) is 22.2. The van der Waals surface area contributed by atoms with Crippen LogP contribution in [0.15, 0.2) is 121 Å². The van der Waals surface area contributed by atoms with Crippen LogP contribution >= 0.6 is 7.14 Å². The molecule has 0 N–H and O–H groups in total. The first-order valence-corrected chi connectivity index (χ1v) is 14.3. The van der Waals surface area contributed by atoms with Crippen LogP contribution in [0.2, 0.25) is 0 Å². The summed E-state index contributed by atoms with van der Waals surface area (Å²) < 4.78 is 21.4. The lowest BCUT2D eigenvalue weighted by Gasteiger charge is -2.42. The fraction of sp³-hybridized carbons (Fsp3) is 0.0909. The lowest BCUT2D eigenvalue weighted by Crippen LogP contribution is -2.32. The minimum Gasteiger partial charge on any atom is -0.456 e. The molecule has 5 aromatic carbocycles. The summed E-state index contributed by atoms with van der Waals surface area (Å²) in [6.07, 6.45) is 0. The normalized spacial score (nSPS) is 18.6. The van der Waals surface area contributed by atoms with Crippen molar-refractivity contribution in [3.8, 4) is 11.5 Å². The molecular formula is C33H26NO2P. The minimum atomic E-state index is -3.10. The molecule has 0 fully saturated rings. The SMILES string of the molecule is CC1(C)c2ccccc2N(c2ccc3c(c2)Oc2ccccc2P3(=O)c2ccccc2)c2ccccc21. The summed E-state index contributed by atoms with van der Waals surface area (Å²) in [6.45, 7) is 4.57. The molecular weight excluding hydrogens is 473 g/mol. The maximum atomic E-state index is 15.0. The first-order valence-electron chi connectivity index (χ1n) is 12.6. The van der Waals surface area contributed by atoms with E-state index in [0.717, 1.165) is 33.0 Å². The van der Waals surface area contributed by atoms with Gasteiger partial charge >= 0.3 is 0 Å². The van der Waals surface area contributed by atoms with E-state index in [2.05, 4.69) is 73.3 Å². The minimum absolute atomic E-state index is 0.129. The van der Waals surface area contributed by atoms with Crippen LogP contribution in [0, 0.1) is 0 Å². The summed E-state index contributed by atoms with van der Waals surface area (Å²) in [5.41, 5.74) is 5.69. The maximum Gasteiger partial charge on any atom is 0.178 e. The number of ether oxygens (including phenoxy) is 1. The predicted octanol–water partition coefficient (Wildman–Crippen LogP) is 7.54. The summed E-state index contributed by atoms with van der Waals surface area (Å²) >= 11 is 0. The Morgan fingerprint density at radius 1 is 0.622 bits per heavy atom. The fourth-order valence-electron chi connectivity index (χ4n) is 5.90. The van der Waals surface area contributed by atoms with E-state index in [0.29, 0.717) is 11.5 Å². The van der Waals surface area contributed by atoms with E-state index in [1.807, 2.05) is 66.7 Å². The Bertz CT molecular complexity index is 1670. The van der Waals surface area contributed by atoms with E-state index in [9.17, 15) is 4.57 Å². The van der Waals surface area contributed by atoms with Gasteiger partial charge in [0.2, 0.25) is 0 Å². The van der Waals surface area contributed by atoms with Crippen LogP contribution in [-0.2, 0) is 9.98 Å². The summed E-state index contributed by atoms with van der Waals surface area (Å²) in [6, 6.07) is 40.8. The van der Waals surface area contributed by atoms with Gasteiger partial charge < -0.3 is 14.2 Å². The van der Waals surface area contributed by atoms with E-state index >= 15 is 0 Å². The zero-order chi connectivity index (χ0) is 25.2. The lowest BCUT2D eigenvalue weighted by molar-refractivity contribution is 0.485. The largest absolute Gasteiger partial charge is 0.456 e. The van der Waals surface area contributed by atoms with E-state index in [-0.39, 0.29) is 5.41 Å².